The van der Waals surface area contributed by atoms with E-state index in [0.29, 0.717) is 5.02 Å². The van der Waals surface area contributed by atoms with Crippen LogP contribution < -0.4 is 21.1 Å². The highest BCUT2D eigenvalue weighted by Gasteiger charge is 2.24. The smallest absolute Gasteiger partial charge is 0.241 e. The summed E-state index contributed by atoms with van der Waals surface area (Å²) in [6, 6.07) is 54.0. The summed E-state index contributed by atoms with van der Waals surface area (Å²) in [5.74, 6) is 0.767. The molecule has 7 aromatic rings. The number of benzene rings is 7. The zero-order valence-corrected chi connectivity index (χ0v) is 24.1. The fraction of sp³-hybridized carbons (Fsp3) is 0.0256. The van der Waals surface area contributed by atoms with E-state index in [2.05, 4.69) is 133 Å². The maximum Gasteiger partial charge on any atom is 0.241 e. The third-order valence-electron chi connectivity index (χ3n) is 8.20. The van der Waals surface area contributed by atoms with Gasteiger partial charge in [-0.1, -0.05) is 161 Å². The van der Waals surface area contributed by atoms with Crippen molar-refractivity contribution in [1.82, 2.24) is 0 Å². The summed E-state index contributed by atoms with van der Waals surface area (Å²) in [6.45, 7) is 0.128. The standard InChI is InChI=1S/C39H28BClO/c1-42-39-26-29(41)22-23-37(39)35-25-24-34(30-16-8-9-17-31(30)35)32-18-10-20-36-33(32)19-11-21-38(36)40(27-12-4-2-5-13-27)28-14-6-3-7-15-28/h2-26H,1H3. The SMILES string of the molecule is COc1cc(Cl)ccc1-c1ccc(-c2cccc3c(B(c4ccccc4)c4ccccc4)cccc23)c2ccccc12. The molecule has 0 aromatic heterocycles. The van der Waals surface area contributed by atoms with Crippen LogP contribution in [0.2, 0.25) is 5.02 Å². The third-order valence-corrected chi connectivity index (χ3v) is 8.44. The van der Waals surface area contributed by atoms with Gasteiger partial charge in [-0.15, -0.1) is 0 Å². The summed E-state index contributed by atoms with van der Waals surface area (Å²) in [6.07, 6.45) is 0. The first-order valence-electron chi connectivity index (χ1n) is 14.2. The van der Waals surface area contributed by atoms with Gasteiger partial charge in [-0.05, 0) is 56.4 Å². The number of methoxy groups -OCH3 is 1. The lowest BCUT2D eigenvalue weighted by molar-refractivity contribution is 0.416. The average Bonchev–Trinajstić information content (AvgIpc) is 3.05. The Balaban J connectivity index is 1.45. The molecule has 3 heteroatoms. The first-order valence-corrected chi connectivity index (χ1v) is 14.6. The van der Waals surface area contributed by atoms with E-state index >= 15 is 0 Å². The lowest BCUT2D eigenvalue weighted by atomic mass is 9.36. The molecule has 0 bridgehead atoms. The van der Waals surface area contributed by atoms with Gasteiger partial charge < -0.3 is 4.74 Å². The maximum absolute atomic E-state index is 6.30. The number of rotatable bonds is 6. The highest BCUT2D eigenvalue weighted by Crippen LogP contribution is 2.41. The molecule has 0 aliphatic carbocycles. The van der Waals surface area contributed by atoms with Crippen LogP contribution >= 0.6 is 11.6 Å². The van der Waals surface area contributed by atoms with E-state index in [1.807, 2.05) is 18.2 Å². The second-order valence-electron chi connectivity index (χ2n) is 10.6. The van der Waals surface area contributed by atoms with Crippen molar-refractivity contribution in [2.45, 2.75) is 0 Å². The Bertz CT molecular complexity index is 2000. The number of hydrogen-bond donors (Lipinski definition) is 0. The molecule has 42 heavy (non-hydrogen) atoms. The van der Waals surface area contributed by atoms with E-state index in [0.717, 1.165) is 16.9 Å². The molecule has 0 aliphatic rings. The van der Waals surface area contributed by atoms with Crippen molar-refractivity contribution < 1.29 is 4.74 Å². The maximum atomic E-state index is 6.30. The minimum Gasteiger partial charge on any atom is -0.496 e. The Morgan fingerprint density at radius 1 is 0.452 bits per heavy atom. The van der Waals surface area contributed by atoms with Crippen LogP contribution in [0.25, 0.3) is 43.8 Å². The van der Waals surface area contributed by atoms with Crippen LogP contribution in [0, 0.1) is 0 Å². The van der Waals surface area contributed by atoms with E-state index in [4.69, 9.17) is 16.3 Å². The van der Waals surface area contributed by atoms with Crippen LogP contribution in [0.1, 0.15) is 0 Å². The number of hydrogen-bond acceptors (Lipinski definition) is 1. The van der Waals surface area contributed by atoms with Gasteiger partial charge in [0, 0.05) is 10.6 Å². The van der Waals surface area contributed by atoms with Crippen LogP contribution in [-0.2, 0) is 0 Å². The van der Waals surface area contributed by atoms with E-state index in [1.54, 1.807) is 7.11 Å². The number of ether oxygens (including phenoxy) is 1. The molecule has 0 saturated carbocycles. The normalized spacial score (nSPS) is 11.1. The van der Waals surface area contributed by atoms with Gasteiger partial charge >= 0.3 is 0 Å². The monoisotopic (exact) mass is 558 g/mol. The van der Waals surface area contributed by atoms with Gasteiger partial charge in [0.1, 0.15) is 5.75 Å². The summed E-state index contributed by atoms with van der Waals surface area (Å²) < 4.78 is 5.73. The lowest BCUT2D eigenvalue weighted by Crippen LogP contribution is -2.52. The second-order valence-corrected chi connectivity index (χ2v) is 11.0. The Morgan fingerprint density at radius 3 is 1.57 bits per heavy atom. The van der Waals surface area contributed by atoms with Crippen LogP contribution in [0.3, 0.4) is 0 Å². The largest absolute Gasteiger partial charge is 0.496 e. The van der Waals surface area contributed by atoms with Gasteiger partial charge in [0.15, 0.2) is 0 Å². The Morgan fingerprint density at radius 2 is 0.929 bits per heavy atom. The zero-order valence-electron chi connectivity index (χ0n) is 23.3. The summed E-state index contributed by atoms with van der Waals surface area (Å²) in [5.41, 5.74) is 8.46. The van der Waals surface area contributed by atoms with Gasteiger partial charge in [-0.3, -0.25) is 0 Å². The molecule has 7 rings (SSSR count). The predicted octanol–water partition coefficient (Wildman–Crippen LogP) is 8.51. The summed E-state index contributed by atoms with van der Waals surface area (Å²) in [7, 11) is 1.69. The molecule has 0 spiro atoms. The lowest BCUT2D eigenvalue weighted by Gasteiger charge is -2.20. The molecule has 7 aromatic carbocycles. The van der Waals surface area contributed by atoms with Gasteiger partial charge in [0.2, 0.25) is 6.71 Å². The summed E-state index contributed by atoms with van der Waals surface area (Å²) in [4.78, 5) is 0. The summed E-state index contributed by atoms with van der Waals surface area (Å²) in [5, 5.41) is 5.55. The van der Waals surface area contributed by atoms with Crippen molar-refractivity contribution in [2.24, 2.45) is 0 Å². The van der Waals surface area contributed by atoms with Crippen molar-refractivity contribution in [3.05, 3.63) is 157 Å². The average molecular weight is 559 g/mol. The van der Waals surface area contributed by atoms with E-state index in [9.17, 15) is 0 Å². The molecule has 0 aliphatic heterocycles. The van der Waals surface area contributed by atoms with Gasteiger partial charge in [-0.2, -0.15) is 0 Å². The van der Waals surface area contributed by atoms with Crippen LogP contribution in [0.4, 0.5) is 0 Å². The fourth-order valence-corrected chi connectivity index (χ4v) is 6.48. The molecule has 0 N–H and O–H groups in total. The molecule has 0 heterocycles. The number of fused-ring (bicyclic) bond motifs is 2. The van der Waals surface area contributed by atoms with Crippen molar-refractivity contribution in [2.75, 3.05) is 7.11 Å². The van der Waals surface area contributed by atoms with Gasteiger partial charge in [0.25, 0.3) is 0 Å². The Labute approximate surface area is 252 Å². The Hall–Kier alpha value is -4.79. The van der Waals surface area contributed by atoms with Crippen molar-refractivity contribution in [1.29, 1.82) is 0 Å². The molecule has 0 atom stereocenters. The molecular formula is C39H28BClO. The molecule has 200 valence electrons. The van der Waals surface area contributed by atoms with Crippen molar-refractivity contribution in [3.63, 3.8) is 0 Å². The molecule has 0 amide bonds. The summed E-state index contributed by atoms with van der Waals surface area (Å²) >= 11 is 6.30. The highest BCUT2D eigenvalue weighted by atomic mass is 35.5. The van der Waals surface area contributed by atoms with Crippen molar-refractivity contribution in [3.8, 4) is 28.0 Å². The Kier molecular flexibility index (Phi) is 6.99. The molecule has 1 nitrogen and oxygen atoms in total. The second kappa shape index (κ2) is 11.2. The minimum absolute atomic E-state index is 0.128. The molecule has 0 fully saturated rings. The van der Waals surface area contributed by atoms with Crippen LogP contribution in [-0.4, -0.2) is 13.8 Å². The van der Waals surface area contributed by atoms with Crippen molar-refractivity contribution >= 4 is 56.2 Å². The molecule has 0 saturated heterocycles. The van der Waals surface area contributed by atoms with Crippen LogP contribution in [0.5, 0.6) is 5.75 Å². The van der Waals surface area contributed by atoms with E-state index in [1.165, 1.54) is 49.1 Å². The molecule has 0 radical (unpaired) electrons. The van der Waals surface area contributed by atoms with Gasteiger partial charge in [-0.25, -0.2) is 0 Å². The fourth-order valence-electron chi connectivity index (χ4n) is 6.32. The first kappa shape index (κ1) is 26.1. The topological polar surface area (TPSA) is 9.23 Å². The van der Waals surface area contributed by atoms with Gasteiger partial charge in [0.05, 0.1) is 7.11 Å². The third kappa shape index (κ3) is 4.64. The number of halogens is 1. The highest BCUT2D eigenvalue weighted by molar-refractivity contribution is 6.96. The van der Waals surface area contributed by atoms with Crippen LogP contribution in [0.15, 0.2) is 152 Å². The molecular weight excluding hydrogens is 531 g/mol. The minimum atomic E-state index is 0.128. The van der Waals surface area contributed by atoms with E-state index < -0.39 is 0 Å². The first-order chi connectivity index (χ1) is 20.7. The predicted molar refractivity (Wildman–Crippen MR) is 181 cm³/mol. The van der Waals surface area contributed by atoms with E-state index in [-0.39, 0.29) is 6.71 Å². The quantitative estimate of drug-likeness (QED) is 0.186. The zero-order chi connectivity index (χ0) is 28.5. The molecule has 0 unspecified atom stereocenters.